The van der Waals surface area contributed by atoms with Gasteiger partial charge in [-0.1, -0.05) is 6.92 Å². The molecule has 0 aliphatic rings. The Hall–Kier alpha value is -1.78. The SMILES string of the molecule is CCCNC(=O)CCNC(=O)c1ccoc1C. The number of carbonyl (C=O) groups excluding carboxylic acids is 2. The highest BCUT2D eigenvalue weighted by Crippen LogP contribution is 2.07. The summed E-state index contributed by atoms with van der Waals surface area (Å²) >= 11 is 0. The molecule has 0 fully saturated rings. The van der Waals surface area contributed by atoms with Crippen LogP contribution in [0, 0.1) is 6.92 Å². The summed E-state index contributed by atoms with van der Waals surface area (Å²) in [6.07, 6.45) is 2.67. The van der Waals surface area contributed by atoms with Crippen LogP contribution in [-0.4, -0.2) is 24.9 Å². The van der Waals surface area contributed by atoms with Gasteiger partial charge < -0.3 is 15.1 Å². The second kappa shape index (κ2) is 6.73. The topological polar surface area (TPSA) is 71.3 Å². The Morgan fingerprint density at radius 1 is 1.29 bits per heavy atom. The number of furan rings is 1. The van der Waals surface area contributed by atoms with E-state index in [1.165, 1.54) is 6.26 Å². The second-order valence-electron chi connectivity index (χ2n) is 3.75. The molecule has 5 nitrogen and oxygen atoms in total. The molecule has 1 heterocycles. The Bertz CT molecular complexity index is 385. The van der Waals surface area contributed by atoms with Crippen LogP contribution in [0.3, 0.4) is 0 Å². The molecule has 1 rings (SSSR count). The Labute approximate surface area is 101 Å². The summed E-state index contributed by atoms with van der Waals surface area (Å²) in [6.45, 7) is 4.72. The molecule has 0 radical (unpaired) electrons. The van der Waals surface area contributed by atoms with Gasteiger partial charge in [0, 0.05) is 19.5 Å². The molecule has 0 aromatic carbocycles. The number of aryl methyl sites for hydroxylation is 1. The Balaban J connectivity index is 2.25. The summed E-state index contributed by atoms with van der Waals surface area (Å²) in [5.41, 5.74) is 0.513. The summed E-state index contributed by atoms with van der Waals surface area (Å²) < 4.78 is 5.03. The molecule has 0 aliphatic heterocycles. The van der Waals surface area contributed by atoms with Gasteiger partial charge in [-0.25, -0.2) is 0 Å². The zero-order chi connectivity index (χ0) is 12.7. The van der Waals surface area contributed by atoms with Crippen molar-refractivity contribution < 1.29 is 14.0 Å². The predicted molar refractivity (Wildman–Crippen MR) is 63.7 cm³/mol. The minimum absolute atomic E-state index is 0.0453. The second-order valence-corrected chi connectivity index (χ2v) is 3.75. The van der Waals surface area contributed by atoms with Crippen LogP contribution in [-0.2, 0) is 4.79 Å². The first-order valence-electron chi connectivity index (χ1n) is 5.74. The lowest BCUT2D eigenvalue weighted by Crippen LogP contribution is -2.31. The fourth-order valence-electron chi connectivity index (χ4n) is 1.36. The Morgan fingerprint density at radius 2 is 2.06 bits per heavy atom. The maximum atomic E-state index is 11.6. The van der Waals surface area contributed by atoms with Gasteiger partial charge in [-0.15, -0.1) is 0 Å². The molecule has 5 heteroatoms. The van der Waals surface area contributed by atoms with Crippen molar-refractivity contribution in [3.8, 4) is 0 Å². The third kappa shape index (κ3) is 4.30. The molecule has 1 aromatic rings. The average molecular weight is 238 g/mol. The van der Waals surface area contributed by atoms with Crippen LogP contribution in [0.2, 0.25) is 0 Å². The van der Waals surface area contributed by atoms with Gasteiger partial charge >= 0.3 is 0 Å². The summed E-state index contributed by atoms with van der Waals surface area (Å²) in [6, 6.07) is 1.61. The predicted octanol–water partition coefficient (Wildman–Crippen LogP) is 1.23. The molecule has 0 saturated heterocycles. The van der Waals surface area contributed by atoms with Gasteiger partial charge in [-0.05, 0) is 19.4 Å². The van der Waals surface area contributed by atoms with Crippen LogP contribution in [0.4, 0.5) is 0 Å². The van der Waals surface area contributed by atoms with E-state index < -0.39 is 0 Å². The number of carbonyl (C=O) groups is 2. The van der Waals surface area contributed by atoms with Gasteiger partial charge in [0.25, 0.3) is 5.91 Å². The third-order valence-electron chi connectivity index (χ3n) is 2.31. The first-order valence-corrected chi connectivity index (χ1v) is 5.74. The zero-order valence-corrected chi connectivity index (χ0v) is 10.2. The molecule has 0 unspecified atom stereocenters. The Morgan fingerprint density at radius 3 is 2.65 bits per heavy atom. The molecule has 2 amide bonds. The van der Waals surface area contributed by atoms with E-state index in [-0.39, 0.29) is 11.8 Å². The molecule has 1 aromatic heterocycles. The highest BCUT2D eigenvalue weighted by Gasteiger charge is 2.10. The number of hydrogen-bond acceptors (Lipinski definition) is 3. The van der Waals surface area contributed by atoms with E-state index in [0.717, 1.165) is 6.42 Å². The largest absolute Gasteiger partial charge is 0.469 e. The quantitative estimate of drug-likeness (QED) is 0.783. The highest BCUT2D eigenvalue weighted by atomic mass is 16.3. The van der Waals surface area contributed by atoms with Crippen LogP contribution < -0.4 is 10.6 Å². The van der Waals surface area contributed by atoms with Crippen LogP contribution in [0.15, 0.2) is 16.7 Å². The van der Waals surface area contributed by atoms with Gasteiger partial charge in [0.15, 0.2) is 0 Å². The number of amides is 2. The summed E-state index contributed by atoms with van der Waals surface area (Å²) in [5.74, 6) is 0.327. The van der Waals surface area contributed by atoms with Crippen molar-refractivity contribution >= 4 is 11.8 Å². The van der Waals surface area contributed by atoms with E-state index in [1.807, 2.05) is 6.92 Å². The van der Waals surface area contributed by atoms with Gasteiger partial charge in [0.1, 0.15) is 5.76 Å². The standard InChI is InChI=1S/C12H18N2O3/c1-3-6-13-11(15)4-7-14-12(16)10-5-8-17-9(10)2/h5,8H,3-4,6-7H2,1-2H3,(H,13,15)(H,14,16). The number of hydrogen-bond donors (Lipinski definition) is 2. The van der Waals surface area contributed by atoms with Crippen molar-refractivity contribution in [3.63, 3.8) is 0 Å². The Kier molecular flexibility index (Phi) is 5.26. The summed E-state index contributed by atoms with van der Waals surface area (Å²) in [7, 11) is 0. The smallest absolute Gasteiger partial charge is 0.254 e. The molecule has 17 heavy (non-hydrogen) atoms. The zero-order valence-electron chi connectivity index (χ0n) is 10.2. The molecule has 0 aliphatic carbocycles. The maximum absolute atomic E-state index is 11.6. The normalized spacial score (nSPS) is 10.0. The van der Waals surface area contributed by atoms with Crippen LogP contribution >= 0.6 is 0 Å². The lowest BCUT2D eigenvalue weighted by atomic mass is 10.2. The van der Waals surface area contributed by atoms with Gasteiger partial charge in [-0.3, -0.25) is 9.59 Å². The molecule has 94 valence electrons. The minimum Gasteiger partial charge on any atom is -0.469 e. The van der Waals surface area contributed by atoms with Gasteiger partial charge in [-0.2, -0.15) is 0 Å². The lowest BCUT2D eigenvalue weighted by molar-refractivity contribution is -0.120. The monoisotopic (exact) mass is 238 g/mol. The van der Waals surface area contributed by atoms with Crippen molar-refractivity contribution in [2.24, 2.45) is 0 Å². The number of nitrogens with one attached hydrogen (secondary N) is 2. The fraction of sp³-hybridized carbons (Fsp3) is 0.500. The first-order chi connectivity index (χ1) is 8.15. The summed E-state index contributed by atoms with van der Waals surface area (Å²) in [4.78, 5) is 22.9. The van der Waals surface area contributed by atoms with Crippen molar-refractivity contribution in [3.05, 3.63) is 23.7 Å². The highest BCUT2D eigenvalue weighted by molar-refractivity contribution is 5.95. The van der Waals surface area contributed by atoms with E-state index in [1.54, 1.807) is 13.0 Å². The molecule has 0 bridgehead atoms. The van der Waals surface area contributed by atoms with Crippen molar-refractivity contribution in [2.75, 3.05) is 13.1 Å². The van der Waals surface area contributed by atoms with E-state index in [4.69, 9.17) is 4.42 Å². The van der Waals surface area contributed by atoms with Crippen LogP contribution in [0.1, 0.15) is 35.9 Å². The van der Waals surface area contributed by atoms with Crippen LogP contribution in [0.5, 0.6) is 0 Å². The average Bonchev–Trinajstić information content (AvgIpc) is 2.72. The van der Waals surface area contributed by atoms with E-state index in [2.05, 4.69) is 10.6 Å². The maximum Gasteiger partial charge on any atom is 0.254 e. The lowest BCUT2D eigenvalue weighted by Gasteiger charge is -2.05. The van der Waals surface area contributed by atoms with Gasteiger partial charge in [0.05, 0.1) is 11.8 Å². The van der Waals surface area contributed by atoms with Crippen molar-refractivity contribution in [1.29, 1.82) is 0 Å². The van der Waals surface area contributed by atoms with E-state index in [0.29, 0.717) is 30.8 Å². The molecule has 0 atom stereocenters. The molecule has 0 saturated carbocycles. The van der Waals surface area contributed by atoms with Gasteiger partial charge in [0.2, 0.25) is 5.91 Å². The molecule has 2 N–H and O–H groups in total. The molecular formula is C12H18N2O3. The fourth-order valence-corrected chi connectivity index (χ4v) is 1.36. The van der Waals surface area contributed by atoms with E-state index in [9.17, 15) is 9.59 Å². The van der Waals surface area contributed by atoms with Crippen LogP contribution in [0.25, 0.3) is 0 Å². The van der Waals surface area contributed by atoms with E-state index >= 15 is 0 Å². The van der Waals surface area contributed by atoms with Crippen molar-refractivity contribution in [2.45, 2.75) is 26.7 Å². The minimum atomic E-state index is -0.209. The number of rotatable bonds is 6. The van der Waals surface area contributed by atoms with Crippen molar-refractivity contribution in [1.82, 2.24) is 10.6 Å². The third-order valence-corrected chi connectivity index (χ3v) is 2.31. The molecular weight excluding hydrogens is 220 g/mol. The molecule has 0 spiro atoms. The first kappa shape index (κ1) is 13.3. The summed E-state index contributed by atoms with van der Waals surface area (Å²) in [5, 5.41) is 5.42.